The van der Waals surface area contributed by atoms with E-state index in [9.17, 15) is 40.3 Å². The number of halogens is 7. The third-order valence-electron chi connectivity index (χ3n) is 2.88. The lowest BCUT2D eigenvalue weighted by molar-refractivity contribution is -0.252. The molecule has 0 bridgehead atoms. The van der Waals surface area contributed by atoms with Gasteiger partial charge in [0.2, 0.25) is 0 Å². The highest BCUT2D eigenvalue weighted by molar-refractivity contribution is 6.42. The number of ketones is 2. The molecule has 0 aliphatic rings. The molecule has 0 saturated heterocycles. The lowest BCUT2D eigenvalue weighted by Crippen LogP contribution is -2.58. The van der Waals surface area contributed by atoms with Crippen molar-refractivity contribution < 1.29 is 40.3 Å². The summed E-state index contributed by atoms with van der Waals surface area (Å²) in [6.45, 7) is 2.42. The van der Waals surface area contributed by atoms with Crippen molar-refractivity contribution in [2.75, 3.05) is 0 Å². The van der Waals surface area contributed by atoms with E-state index >= 15 is 0 Å². The van der Waals surface area contributed by atoms with E-state index in [-0.39, 0.29) is 0 Å². The number of alkyl halides is 7. The van der Waals surface area contributed by atoms with Crippen molar-refractivity contribution in [2.45, 2.75) is 45.2 Å². The Balaban J connectivity index is 5.63. The Hall–Kier alpha value is -1.15. The predicted octanol–water partition coefficient (Wildman–Crippen LogP) is 3.39. The zero-order valence-electron chi connectivity index (χ0n) is 10.2. The Bertz CT molecular complexity index is 382. The summed E-state index contributed by atoms with van der Waals surface area (Å²) in [7, 11) is 0. The highest BCUT2D eigenvalue weighted by atomic mass is 19.4. The van der Waals surface area contributed by atoms with Gasteiger partial charge in [-0.15, -0.1) is 0 Å². The quantitative estimate of drug-likeness (QED) is 0.575. The number of carbonyl (C=O) groups is 2. The maximum atomic E-state index is 13.5. The standard InChI is InChI=1S/C10H11F7O2/c1-4-7(2,3)10(16,17)8(11,12)5(18)6(19)9(13,14)15/h4H2,1-3H3. The first-order valence-electron chi connectivity index (χ1n) is 5.04. The van der Waals surface area contributed by atoms with Gasteiger partial charge in [-0.25, -0.2) is 0 Å². The van der Waals surface area contributed by atoms with Gasteiger partial charge in [0.05, 0.1) is 0 Å². The number of carbonyl (C=O) groups excluding carboxylic acids is 2. The van der Waals surface area contributed by atoms with Crippen LogP contribution in [0.1, 0.15) is 27.2 Å². The molecule has 0 unspecified atom stereocenters. The zero-order valence-corrected chi connectivity index (χ0v) is 10.2. The van der Waals surface area contributed by atoms with E-state index in [4.69, 9.17) is 0 Å². The molecule has 2 nitrogen and oxygen atoms in total. The topological polar surface area (TPSA) is 34.1 Å². The summed E-state index contributed by atoms with van der Waals surface area (Å²) in [6, 6.07) is 0. The molecule has 19 heavy (non-hydrogen) atoms. The number of hydrogen-bond acceptors (Lipinski definition) is 2. The fourth-order valence-corrected chi connectivity index (χ4v) is 1.06. The molecule has 0 amide bonds. The largest absolute Gasteiger partial charge is 0.458 e. The minimum Gasteiger partial charge on any atom is -0.283 e. The first kappa shape index (κ1) is 17.8. The highest BCUT2D eigenvalue weighted by Crippen LogP contribution is 2.49. The van der Waals surface area contributed by atoms with Crippen molar-refractivity contribution in [2.24, 2.45) is 5.41 Å². The van der Waals surface area contributed by atoms with E-state index in [1.54, 1.807) is 0 Å². The molecular weight excluding hydrogens is 285 g/mol. The van der Waals surface area contributed by atoms with E-state index < -0.39 is 41.4 Å². The molecule has 0 aliphatic carbocycles. The van der Waals surface area contributed by atoms with E-state index in [0.29, 0.717) is 13.8 Å². The Labute approximate surface area is 104 Å². The third-order valence-corrected chi connectivity index (χ3v) is 2.88. The average molecular weight is 296 g/mol. The van der Waals surface area contributed by atoms with E-state index in [0.717, 1.165) is 6.92 Å². The van der Waals surface area contributed by atoms with Crippen molar-refractivity contribution in [3.8, 4) is 0 Å². The summed E-state index contributed by atoms with van der Waals surface area (Å²) in [4.78, 5) is 21.1. The van der Waals surface area contributed by atoms with Gasteiger partial charge in [0, 0.05) is 5.41 Å². The number of rotatable bonds is 5. The van der Waals surface area contributed by atoms with E-state index in [1.807, 2.05) is 0 Å². The zero-order chi connectivity index (χ0) is 15.9. The Morgan fingerprint density at radius 2 is 1.21 bits per heavy atom. The summed E-state index contributed by atoms with van der Waals surface area (Å²) >= 11 is 0. The van der Waals surface area contributed by atoms with Gasteiger partial charge < -0.3 is 0 Å². The van der Waals surface area contributed by atoms with Gasteiger partial charge in [0.15, 0.2) is 0 Å². The summed E-state index contributed by atoms with van der Waals surface area (Å²) in [6.07, 6.45) is -6.46. The molecule has 0 aromatic carbocycles. The lowest BCUT2D eigenvalue weighted by Gasteiger charge is -2.37. The summed E-state index contributed by atoms with van der Waals surface area (Å²) < 4.78 is 89.0. The minimum atomic E-state index is -5.92. The van der Waals surface area contributed by atoms with E-state index in [1.165, 1.54) is 0 Å². The summed E-state index contributed by atoms with van der Waals surface area (Å²) in [5, 5.41) is 0. The van der Waals surface area contributed by atoms with Gasteiger partial charge in [-0.2, -0.15) is 30.7 Å². The summed E-state index contributed by atoms with van der Waals surface area (Å²) in [5.41, 5.74) is -2.46. The molecule has 0 aromatic heterocycles. The van der Waals surface area contributed by atoms with Crippen LogP contribution in [0.3, 0.4) is 0 Å². The molecule has 0 atom stereocenters. The van der Waals surface area contributed by atoms with Crippen molar-refractivity contribution in [3.05, 3.63) is 0 Å². The molecule has 0 fully saturated rings. The molecule has 0 aromatic rings. The number of hydrogen-bond donors (Lipinski definition) is 0. The van der Waals surface area contributed by atoms with Crippen LogP contribution in [-0.2, 0) is 9.59 Å². The number of Topliss-reactive ketones (excluding diaryl/α,β-unsaturated/α-hetero) is 2. The molecule has 0 spiro atoms. The van der Waals surface area contributed by atoms with Crippen molar-refractivity contribution in [1.29, 1.82) is 0 Å². The fourth-order valence-electron chi connectivity index (χ4n) is 1.06. The molecule has 0 N–H and O–H groups in total. The molecule has 0 aliphatic heterocycles. The van der Waals surface area contributed by atoms with Gasteiger partial charge in [-0.05, 0) is 6.42 Å². The SMILES string of the molecule is CCC(C)(C)C(F)(F)C(F)(F)C(=O)C(=O)C(F)(F)F. The van der Waals surface area contributed by atoms with Crippen LogP contribution < -0.4 is 0 Å². The van der Waals surface area contributed by atoms with Crippen LogP contribution in [-0.4, -0.2) is 29.6 Å². The molecule has 0 radical (unpaired) electrons. The van der Waals surface area contributed by atoms with Gasteiger partial charge in [-0.1, -0.05) is 20.8 Å². The van der Waals surface area contributed by atoms with Crippen LogP contribution in [0.4, 0.5) is 30.7 Å². The predicted molar refractivity (Wildman–Crippen MR) is 50.0 cm³/mol. The van der Waals surface area contributed by atoms with Gasteiger partial charge in [0.1, 0.15) is 0 Å². The monoisotopic (exact) mass is 296 g/mol. The van der Waals surface area contributed by atoms with Crippen LogP contribution in [0, 0.1) is 5.41 Å². The van der Waals surface area contributed by atoms with Crippen LogP contribution >= 0.6 is 0 Å². The third kappa shape index (κ3) is 2.89. The molecule has 0 rings (SSSR count). The van der Waals surface area contributed by atoms with Crippen LogP contribution in [0.5, 0.6) is 0 Å². The maximum absolute atomic E-state index is 13.5. The van der Waals surface area contributed by atoms with Crippen molar-refractivity contribution in [1.82, 2.24) is 0 Å². The molecular formula is C10H11F7O2. The fraction of sp³-hybridized carbons (Fsp3) is 0.800. The second-order valence-electron chi connectivity index (χ2n) is 4.54. The van der Waals surface area contributed by atoms with Crippen LogP contribution in [0.15, 0.2) is 0 Å². The average Bonchev–Trinajstić information content (AvgIpc) is 2.24. The van der Waals surface area contributed by atoms with Gasteiger partial charge in [0.25, 0.3) is 5.78 Å². The first-order valence-corrected chi connectivity index (χ1v) is 5.04. The Morgan fingerprint density at radius 1 is 0.842 bits per heavy atom. The van der Waals surface area contributed by atoms with Crippen molar-refractivity contribution in [3.63, 3.8) is 0 Å². The lowest BCUT2D eigenvalue weighted by atomic mass is 9.78. The minimum absolute atomic E-state index is 0.539. The first-order chi connectivity index (χ1) is 8.13. The Morgan fingerprint density at radius 3 is 1.47 bits per heavy atom. The second-order valence-corrected chi connectivity index (χ2v) is 4.54. The second kappa shape index (κ2) is 4.75. The van der Waals surface area contributed by atoms with E-state index in [2.05, 4.69) is 0 Å². The maximum Gasteiger partial charge on any atom is 0.458 e. The summed E-state index contributed by atoms with van der Waals surface area (Å²) in [5.74, 6) is -17.8. The van der Waals surface area contributed by atoms with Crippen molar-refractivity contribution >= 4 is 11.6 Å². The van der Waals surface area contributed by atoms with Crippen LogP contribution in [0.25, 0.3) is 0 Å². The highest BCUT2D eigenvalue weighted by Gasteiger charge is 2.71. The smallest absolute Gasteiger partial charge is 0.283 e. The normalized spacial score (nSPS) is 14.4. The molecule has 0 saturated carbocycles. The molecule has 0 heterocycles. The Kier molecular flexibility index (Phi) is 4.46. The molecule has 9 heteroatoms. The van der Waals surface area contributed by atoms with Crippen LogP contribution in [0.2, 0.25) is 0 Å². The van der Waals surface area contributed by atoms with Gasteiger partial charge in [-0.3, -0.25) is 9.59 Å². The molecule has 112 valence electrons. The van der Waals surface area contributed by atoms with Gasteiger partial charge >= 0.3 is 23.8 Å².